The van der Waals surface area contributed by atoms with Gasteiger partial charge >= 0.3 is 0 Å². The second-order valence-electron chi connectivity index (χ2n) is 5.32. The Bertz CT molecular complexity index is 464. The molecule has 0 saturated heterocycles. The summed E-state index contributed by atoms with van der Waals surface area (Å²) >= 11 is 0. The summed E-state index contributed by atoms with van der Waals surface area (Å²) in [6.07, 6.45) is 6.18. The molecule has 1 amide bonds. The van der Waals surface area contributed by atoms with E-state index >= 15 is 0 Å². The van der Waals surface area contributed by atoms with Gasteiger partial charge in [-0.3, -0.25) is 4.79 Å². The van der Waals surface area contributed by atoms with E-state index in [4.69, 9.17) is 4.74 Å². The van der Waals surface area contributed by atoms with Gasteiger partial charge in [0.25, 0.3) is 0 Å². The number of methoxy groups -OCH3 is 1. The number of anilines is 1. The Hall–Kier alpha value is -1.51. The van der Waals surface area contributed by atoms with Crippen molar-refractivity contribution >= 4 is 11.6 Å². The highest BCUT2D eigenvalue weighted by Gasteiger charge is 2.37. The summed E-state index contributed by atoms with van der Waals surface area (Å²) in [5, 5.41) is 3.00. The number of carbonyl (C=O) groups is 1. The summed E-state index contributed by atoms with van der Waals surface area (Å²) in [6.45, 7) is 0. The lowest BCUT2D eigenvalue weighted by Crippen LogP contribution is -2.22. The quantitative estimate of drug-likeness (QED) is 0.868. The van der Waals surface area contributed by atoms with E-state index in [9.17, 15) is 4.79 Å². The largest absolute Gasteiger partial charge is 0.497 e. The Balaban J connectivity index is 1.93. The van der Waals surface area contributed by atoms with Crippen LogP contribution in [-0.2, 0) is 4.79 Å². The summed E-state index contributed by atoms with van der Waals surface area (Å²) in [5.41, 5.74) is 2.10. The highest BCUT2D eigenvalue weighted by molar-refractivity contribution is 6.03. The van der Waals surface area contributed by atoms with Crippen molar-refractivity contribution in [2.24, 2.45) is 5.92 Å². The number of fused-ring (bicyclic) bond motifs is 1. The van der Waals surface area contributed by atoms with Crippen molar-refractivity contribution in [3.63, 3.8) is 0 Å². The van der Waals surface area contributed by atoms with Crippen molar-refractivity contribution in [2.75, 3.05) is 12.4 Å². The molecule has 1 fully saturated rings. The average Bonchev–Trinajstić information content (AvgIpc) is 2.74. The van der Waals surface area contributed by atoms with Gasteiger partial charge in [0.2, 0.25) is 5.91 Å². The molecule has 96 valence electrons. The molecule has 1 aromatic carbocycles. The number of amides is 1. The lowest BCUT2D eigenvalue weighted by atomic mass is 9.77. The summed E-state index contributed by atoms with van der Waals surface area (Å²) in [6, 6.07) is 5.88. The van der Waals surface area contributed by atoms with Gasteiger partial charge in [-0.05, 0) is 42.5 Å². The van der Waals surface area contributed by atoms with E-state index in [1.807, 2.05) is 18.2 Å². The zero-order valence-corrected chi connectivity index (χ0v) is 10.7. The average molecular weight is 245 g/mol. The van der Waals surface area contributed by atoms with E-state index in [2.05, 4.69) is 5.32 Å². The number of hydrogen-bond donors (Lipinski definition) is 1. The highest BCUT2D eigenvalue weighted by atomic mass is 16.5. The van der Waals surface area contributed by atoms with Gasteiger partial charge in [0, 0.05) is 5.69 Å². The third kappa shape index (κ3) is 1.88. The number of ether oxygens (including phenoxy) is 1. The maximum atomic E-state index is 12.2. The smallest absolute Gasteiger partial charge is 0.232 e. The van der Waals surface area contributed by atoms with Crippen molar-refractivity contribution in [1.82, 2.24) is 0 Å². The minimum atomic E-state index is 0.0374. The first-order valence-corrected chi connectivity index (χ1v) is 6.78. The highest BCUT2D eigenvalue weighted by Crippen LogP contribution is 2.44. The normalized spacial score (nSPS) is 23.6. The number of hydrogen-bond acceptors (Lipinski definition) is 2. The molecule has 1 saturated carbocycles. The molecule has 3 rings (SSSR count). The van der Waals surface area contributed by atoms with Crippen LogP contribution in [0.3, 0.4) is 0 Å². The van der Waals surface area contributed by atoms with Crippen LogP contribution in [0.5, 0.6) is 5.75 Å². The van der Waals surface area contributed by atoms with E-state index in [-0.39, 0.29) is 11.8 Å². The summed E-state index contributed by atoms with van der Waals surface area (Å²) in [7, 11) is 1.67. The summed E-state index contributed by atoms with van der Waals surface area (Å²) in [5.74, 6) is 1.55. The molecule has 1 N–H and O–H groups in total. The van der Waals surface area contributed by atoms with Crippen LogP contribution in [0, 0.1) is 5.92 Å². The topological polar surface area (TPSA) is 38.3 Å². The van der Waals surface area contributed by atoms with Crippen LogP contribution >= 0.6 is 0 Å². The molecule has 1 unspecified atom stereocenters. The molecule has 18 heavy (non-hydrogen) atoms. The molecular weight excluding hydrogens is 226 g/mol. The van der Waals surface area contributed by atoms with Crippen molar-refractivity contribution < 1.29 is 9.53 Å². The van der Waals surface area contributed by atoms with Crippen LogP contribution in [-0.4, -0.2) is 13.0 Å². The Morgan fingerprint density at radius 3 is 2.72 bits per heavy atom. The predicted molar refractivity (Wildman–Crippen MR) is 70.9 cm³/mol. The van der Waals surface area contributed by atoms with Gasteiger partial charge < -0.3 is 10.1 Å². The first-order chi connectivity index (χ1) is 8.79. The van der Waals surface area contributed by atoms with Gasteiger partial charge in [0.05, 0.1) is 13.0 Å². The zero-order chi connectivity index (χ0) is 12.5. The lowest BCUT2D eigenvalue weighted by Gasteiger charge is -2.26. The van der Waals surface area contributed by atoms with Crippen LogP contribution in [0.25, 0.3) is 0 Å². The van der Waals surface area contributed by atoms with Gasteiger partial charge in [-0.25, -0.2) is 0 Å². The molecule has 3 heteroatoms. The number of rotatable bonds is 2. The molecule has 2 aliphatic rings. The van der Waals surface area contributed by atoms with Gasteiger partial charge in [-0.15, -0.1) is 0 Å². The summed E-state index contributed by atoms with van der Waals surface area (Å²) < 4.78 is 5.27. The van der Waals surface area contributed by atoms with E-state index in [0.29, 0.717) is 5.92 Å². The fraction of sp³-hybridized carbons (Fsp3) is 0.533. The van der Waals surface area contributed by atoms with Crippen LogP contribution < -0.4 is 10.1 Å². The van der Waals surface area contributed by atoms with Crippen LogP contribution in [0.15, 0.2) is 18.2 Å². The minimum absolute atomic E-state index is 0.0374. The molecule has 0 radical (unpaired) electrons. The molecule has 1 heterocycles. The Morgan fingerprint density at radius 2 is 2.00 bits per heavy atom. The molecule has 1 atom stereocenters. The van der Waals surface area contributed by atoms with E-state index < -0.39 is 0 Å². The molecule has 0 bridgehead atoms. The zero-order valence-electron chi connectivity index (χ0n) is 10.7. The monoisotopic (exact) mass is 245 g/mol. The molecule has 1 aromatic rings. The Labute approximate surface area is 108 Å². The van der Waals surface area contributed by atoms with E-state index in [0.717, 1.165) is 17.0 Å². The molecular formula is C15H19NO2. The molecule has 0 aromatic heterocycles. The van der Waals surface area contributed by atoms with Crippen molar-refractivity contribution in [2.45, 2.75) is 38.0 Å². The van der Waals surface area contributed by atoms with Crippen LogP contribution in [0.1, 0.15) is 43.6 Å². The fourth-order valence-corrected chi connectivity index (χ4v) is 3.33. The molecule has 0 spiro atoms. The maximum Gasteiger partial charge on any atom is 0.232 e. The Morgan fingerprint density at radius 1 is 1.22 bits per heavy atom. The first kappa shape index (κ1) is 11.6. The van der Waals surface area contributed by atoms with Crippen LogP contribution in [0.2, 0.25) is 0 Å². The molecule has 1 aliphatic carbocycles. The van der Waals surface area contributed by atoms with E-state index in [1.165, 1.54) is 32.1 Å². The number of benzene rings is 1. The maximum absolute atomic E-state index is 12.2. The molecule has 1 aliphatic heterocycles. The van der Waals surface area contributed by atoms with Crippen molar-refractivity contribution in [3.8, 4) is 5.75 Å². The van der Waals surface area contributed by atoms with E-state index in [1.54, 1.807) is 7.11 Å². The SMILES string of the molecule is COc1ccc2c(c1)C(C1CCCCC1)C(=O)N2. The fourth-order valence-electron chi connectivity index (χ4n) is 3.33. The first-order valence-electron chi connectivity index (χ1n) is 6.78. The second-order valence-corrected chi connectivity index (χ2v) is 5.32. The Kier molecular flexibility index (Phi) is 2.98. The number of nitrogens with one attached hydrogen (secondary N) is 1. The van der Waals surface area contributed by atoms with Gasteiger partial charge in [0.1, 0.15) is 5.75 Å². The third-order valence-corrected chi connectivity index (χ3v) is 4.26. The molecule has 3 nitrogen and oxygen atoms in total. The third-order valence-electron chi connectivity index (χ3n) is 4.26. The predicted octanol–water partition coefficient (Wildman–Crippen LogP) is 3.31. The van der Waals surface area contributed by atoms with Crippen molar-refractivity contribution in [1.29, 1.82) is 0 Å². The van der Waals surface area contributed by atoms with Gasteiger partial charge in [0.15, 0.2) is 0 Å². The van der Waals surface area contributed by atoms with Crippen molar-refractivity contribution in [3.05, 3.63) is 23.8 Å². The van der Waals surface area contributed by atoms with Gasteiger partial charge in [-0.2, -0.15) is 0 Å². The second kappa shape index (κ2) is 4.63. The van der Waals surface area contributed by atoms with Gasteiger partial charge in [-0.1, -0.05) is 19.3 Å². The van der Waals surface area contributed by atoms with Crippen LogP contribution in [0.4, 0.5) is 5.69 Å². The lowest BCUT2D eigenvalue weighted by molar-refractivity contribution is -0.118. The standard InChI is InChI=1S/C15H19NO2/c1-18-11-7-8-13-12(9-11)14(15(17)16-13)10-5-3-2-4-6-10/h7-10,14H,2-6H2,1H3,(H,16,17). The number of carbonyl (C=O) groups excluding carboxylic acids is 1. The minimum Gasteiger partial charge on any atom is -0.497 e. The summed E-state index contributed by atoms with van der Waals surface area (Å²) in [4.78, 5) is 12.2.